The number of ether oxygens (including phenoxy) is 1. The SMILES string of the molecule is CCC(=Cc1oc2ccc(C(=O)Nc3ccccc3)cc2[n+]1CCC[N+](C)(C)C)C=C1Oc2ccc(C(=O)Nc3ccccc3)cc2N1CCC[N+](C)(C)C.CS(=O)(=O)[O-].CS(=O)(=O)[O-].CS(=O)(=O)[O-]. The van der Waals surface area contributed by atoms with Gasteiger partial charge in [0.05, 0.1) is 104 Å². The summed E-state index contributed by atoms with van der Waals surface area (Å²) in [5.41, 5.74) is 6.07. The van der Waals surface area contributed by atoms with Crippen LogP contribution in [0.5, 0.6) is 5.75 Å². The second-order valence-corrected chi connectivity index (χ2v) is 22.5. The normalized spacial score (nSPS) is 13.4. The molecule has 0 spiro atoms. The number of anilines is 3. The largest absolute Gasteiger partial charge is 0.748 e. The predicted molar refractivity (Wildman–Crippen MR) is 268 cm³/mol. The first kappa shape index (κ1) is 58.3. The summed E-state index contributed by atoms with van der Waals surface area (Å²) in [7, 11) is 1.40. The van der Waals surface area contributed by atoms with E-state index in [1.165, 1.54) is 0 Å². The summed E-state index contributed by atoms with van der Waals surface area (Å²) in [6.45, 7) is 5.51. The van der Waals surface area contributed by atoms with E-state index >= 15 is 0 Å². The number of allylic oxidation sites excluding steroid dienone is 2. The van der Waals surface area contributed by atoms with Crippen molar-refractivity contribution in [2.45, 2.75) is 32.7 Å². The maximum Gasteiger partial charge on any atom is 0.374 e. The van der Waals surface area contributed by atoms with Gasteiger partial charge in [-0.1, -0.05) is 43.3 Å². The van der Waals surface area contributed by atoms with E-state index in [0.717, 1.165) is 82.6 Å². The van der Waals surface area contributed by atoms with Gasteiger partial charge in [-0.05, 0) is 66.6 Å². The number of quaternary nitrogens is 2. The van der Waals surface area contributed by atoms with Crippen LogP contribution in [0.2, 0.25) is 0 Å². The van der Waals surface area contributed by atoms with Gasteiger partial charge >= 0.3 is 5.89 Å². The van der Waals surface area contributed by atoms with E-state index in [1.54, 1.807) is 0 Å². The van der Waals surface area contributed by atoms with Crippen molar-refractivity contribution in [3.8, 4) is 5.75 Å². The Bertz CT molecular complexity index is 2870. The van der Waals surface area contributed by atoms with E-state index in [9.17, 15) is 9.59 Å². The van der Waals surface area contributed by atoms with E-state index < -0.39 is 30.4 Å². The summed E-state index contributed by atoms with van der Waals surface area (Å²) in [6, 6.07) is 30.2. The van der Waals surface area contributed by atoms with Crippen molar-refractivity contribution in [1.82, 2.24) is 0 Å². The van der Waals surface area contributed by atoms with Gasteiger partial charge in [0.1, 0.15) is 0 Å². The summed E-state index contributed by atoms with van der Waals surface area (Å²) < 4.78 is 98.6. The van der Waals surface area contributed by atoms with Crippen molar-refractivity contribution in [2.75, 3.05) is 96.2 Å². The van der Waals surface area contributed by atoms with Crippen LogP contribution in [0.25, 0.3) is 17.2 Å². The summed E-state index contributed by atoms with van der Waals surface area (Å²) in [5, 5.41) is 6.01. The van der Waals surface area contributed by atoms with Gasteiger partial charge < -0.3 is 47.3 Å². The minimum Gasteiger partial charge on any atom is -0.748 e. The molecular weight excluding hydrogens is 965 g/mol. The van der Waals surface area contributed by atoms with Crippen LogP contribution < -0.4 is 24.8 Å². The van der Waals surface area contributed by atoms with E-state index in [0.29, 0.717) is 53.0 Å². The highest BCUT2D eigenvalue weighted by Gasteiger charge is 2.29. The number of para-hydroxylation sites is 2. The van der Waals surface area contributed by atoms with Crippen molar-refractivity contribution in [3.05, 3.63) is 132 Å². The van der Waals surface area contributed by atoms with Gasteiger partial charge in [-0.15, -0.1) is 0 Å². The maximum atomic E-state index is 13.3. The van der Waals surface area contributed by atoms with Crippen molar-refractivity contribution in [2.24, 2.45) is 0 Å². The molecule has 1 aliphatic rings. The smallest absolute Gasteiger partial charge is 0.374 e. The Morgan fingerprint density at radius 2 is 1.13 bits per heavy atom. The molecule has 0 saturated heterocycles. The Balaban J connectivity index is 0.000000753. The standard InChI is InChI=1S/C45H53N6O4.3CH4O3S/c1-8-33(29-42-48(25-15-27-50(2,3)4)38-31-34(21-23-40(38)54-42)44(52)46-36-17-11-9-12-18-36)30-43-49(26-16-28-51(5,6)7)39-32-35(22-24-41(39)55-43)45(53)47-37-19-13-10-14-20-37;3*1-5(2,3)4/h9-14,17-24,29-32H,8,15-16,25-28H2,1-7H3;3*1H3,(H,2,3,4)/q+1;;;/p-1. The molecule has 2 heterocycles. The molecule has 1 aliphatic heterocycles. The molecule has 2 amide bonds. The first-order valence-corrected chi connectivity index (χ1v) is 27.3. The Hall–Kier alpha value is -5.98. The summed E-state index contributed by atoms with van der Waals surface area (Å²) >= 11 is 0. The number of oxazole rings is 1. The molecule has 22 heteroatoms. The lowest BCUT2D eigenvalue weighted by molar-refractivity contribution is -0.873. The number of aryl methyl sites for hydroxylation is 1. The van der Waals surface area contributed by atoms with Gasteiger partial charge in [-0.3, -0.25) is 9.59 Å². The predicted octanol–water partition coefficient (Wildman–Crippen LogP) is 5.44. The van der Waals surface area contributed by atoms with Crippen molar-refractivity contribution >= 4 is 76.4 Å². The van der Waals surface area contributed by atoms with Gasteiger partial charge in [-0.25, -0.2) is 25.3 Å². The van der Waals surface area contributed by atoms with Gasteiger partial charge in [-0.2, -0.15) is 4.57 Å². The Kier molecular flexibility index (Phi) is 21.0. The number of nitrogens with zero attached hydrogens (tertiary/aromatic N) is 4. The molecule has 0 aliphatic carbocycles. The fourth-order valence-corrected chi connectivity index (χ4v) is 6.58. The highest BCUT2D eigenvalue weighted by molar-refractivity contribution is 7.85. The third kappa shape index (κ3) is 23.1. The van der Waals surface area contributed by atoms with E-state index in [-0.39, 0.29) is 11.8 Å². The minimum absolute atomic E-state index is 0.174. The van der Waals surface area contributed by atoms with Crippen molar-refractivity contribution in [1.29, 1.82) is 0 Å². The molecule has 0 unspecified atom stereocenters. The van der Waals surface area contributed by atoms with Crippen LogP contribution in [0.4, 0.5) is 17.1 Å². The quantitative estimate of drug-likeness (QED) is 0.0753. The Labute approximate surface area is 412 Å². The highest BCUT2D eigenvalue weighted by Crippen LogP contribution is 2.40. The molecule has 5 aromatic rings. The number of fused-ring (bicyclic) bond motifs is 2. The lowest BCUT2D eigenvalue weighted by Crippen LogP contribution is -2.41. The third-order valence-corrected chi connectivity index (χ3v) is 9.50. The lowest BCUT2D eigenvalue weighted by atomic mass is 10.1. The molecule has 382 valence electrons. The van der Waals surface area contributed by atoms with Gasteiger partial charge in [0, 0.05) is 66.4 Å². The molecule has 70 heavy (non-hydrogen) atoms. The van der Waals surface area contributed by atoms with Crippen LogP contribution in [0.1, 0.15) is 52.8 Å². The van der Waals surface area contributed by atoms with Crippen LogP contribution in [0, 0.1) is 0 Å². The second-order valence-electron chi connectivity index (χ2n) is 18.3. The number of benzene rings is 4. The van der Waals surface area contributed by atoms with Crippen LogP contribution in [0.3, 0.4) is 0 Å². The third-order valence-electron chi connectivity index (χ3n) is 9.50. The average molecular weight is 1030 g/mol. The number of nitrogens with one attached hydrogen (secondary N) is 2. The highest BCUT2D eigenvalue weighted by atomic mass is 32.2. The molecular formula is C48H64N6O13S3. The van der Waals surface area contributed by atoms with Crippen LogP contribution >= 0.6 is 0 Å². The summed E-state index contributed by atoms with van der Waals surface area (Å²) in [5.74, 6) is 1.78. The zero-order valence-electron chi connectivity index (χ0n) is 41.2. The minimum atomic E-state index is -3.92. The van der Waals surface area contributed by atoms with Crippen LogP contribution in [0.15, 0.2) is 119 Å². The number of carbonyl (C=O) groups is 2. The molecule has 0 radical (unpaired) electrons. The van der Waals surface area contributed by atoms with Crippen LogP contribution in [-0.2, 0) is 36.9 Å². The van der Waals surface area contributed by atoms with E-state index in [1.807, 2.05) is 97.1 Å². The monoisotopic (exact) mass is 1030 g/mol. The maximum absolute atomic E-state index is 13.3. The summed E-state index contributed by atoms with van der Waals surface area (Å²) in [6.07, 6.45) is 8.54. The van der Waals surface area contributed by atoms with Gasteiger partial charge in [0.15, 0.2) is 12.3 Å². The van der Waals surface area contributed by atoms with Gasteiger partial charge in [0.2, 0.25) is 11.5 Å². The molecule has 0 bridgehead atoms. The molecule has 1 aromatic heterocycles. The number of aromatic nitrogens is 1. The number of hydrogen-bond acceptors (Lipinski definition) is 14. The average Bonchev–Trinajstić information content (AvgIpc) is 3.74. The van der Waals surface area contributed by atoms with E-state index in [2.05, 4.69) is 81.5 Å². The summed E-state index contributed by atoms with van der Waals surface area (Å²) in [4.78, 5) is 28.8. The molecule has 2 N–H and O–H groups in total. The van der Waals surface area contributed by atoms with E-state index in [4.69, 9.17) is 48.1 Å². The van der Waals surface area contributed by atoms with Crippen LogP contribution in [-0.4, -0.2) is 140 Å². The zero-order valence-corrected chi connectivity index (χ0v) is 43.6. The molecule has 0 saturated carbocycles. The van der Waals surface area contributed by atoms with Crippen molar-refractivity contribution < 1.29 is 71.2 Å². The Morgan fingerprint density at radius 1 is 0.671 bits per heavy atom. The van der Waals surface area contributed by atoms with Gasteiger partial charge in [0.25, 0.3) is 17.3 Å². The number of carbonyl (C=O) groups excluding carboxylic acids is 2. The first-order chi connectivity index (χ1) is 32.3. The molecule has 19 nitrogen and oxygen atoms in total. The number of hydrogen-bond donors (Lipinski definition) is 2. The molecule has 0 atom stereocenters. The zero-order chi connectivity index (χ0) is 52.7. The topological polar surface area (TPSA) is 259 Å². The Morgan fingerprint density at radius 3 is 1.60 bits per heavy atom. The van der Waals surface area contributed by atoms with Crippen molar-refractivity contribution in [3.63, 3.8) is 0 Å². The molecule has 4 aromatic carbocycles. The first-order valence-electron chi connectivity index (χ1n) is 21.8. The number of rotatable bonds is 15. The molecule has 0 fully saturated rings. The fourth-order valence-electron chi connectivity index (χ4n) is 6.58. The lowest BCUT2D eigenvalue weighted by Gasteiger charge is -2.26. The number of amides is 2. The fraction of sp³-hybridized carbons (Fsp3) is 0.354. The second kappa shape index (κ2) is 25.2. The molecule has 6 rings (SSSR count).